The fourth-order valence-electron chi connectivity index (χ4n) is 2.74. The number of nitrogens with zero attached hydrogens (tertiary/aromatic N) is 2. The van der Waals surface area contributed by atoms with Gasteiger partial charge in [-0.25, -0.2) is 4.98 Å². The highest BCUT2D eigenvalue weighted by atomic mass is 28.4. The van der Waals surface area contributed by atoms with Crippen molar-refractivity contribution < 1.29 is 9.16 Å². The van der Waals surface area contributed by atoms with Gasteiger partial charge in [0, 0.05) is 0 Å². The van der Waals surface area contributed by atoms with Gasteiger partial charge in [0.2, 0.25) is 0 Å². The number of imidazole rings is 1. The minimum Gasteiger partial charge on any atom is -0.414 e. The average Bonchev–Trinajstić information content (AvgIpc) is 3.10. The van der Waals surface area contributed by atoms with Crippen LogP contribution in [0.4, 0.5) is 0 Å². The third kappa shape index (κ3) is 3.37. The molecular formula is C18H28N2O2Si. The molecular weight excluding hydrogens is 304 g/mol. The van der Waals surface area contributed by atoms with Crippen molar-refractivity contribution >= 4 is 19.4 Å². The van der Waals surface area contributed by atoms with Crippen LogP contribution in [0.25, 0.3) is 11.0 Å². The molecule has 1 aromatic heterocycles. The van der Waals surface area contributed by atoms with Crippen LogP contribution in [0.2, 0.25) is 18.1 Å². The Hall–Kier alpha value is -1.17. The molecule has 1 saturated heterocycles. The van der Waals surface area contributed by atoms with Crippen LogP contribution in [0, 0.1) is 0 Å². The van der Waals surface area contributed by atoms with E-state index in [9.17, 15) is 0 Å². The molecule has 1 aliphatic rings. The van der Waals surface area contributed by atoms with E-state index >= 15 is 0 Å². The van der Waals surface area contributed by atoms with Crippen molar-refractivity contribution in [2.24, 2.45) is 0 Å². The minimum atomic E-state index is -1.70. The minimum absolute atomic E-state index is 0.0791. The van der Waals surface area contributed by atoms with Gasteiger partial charge in [-0.3, -0.25) is 0 Å². The molecule has 0 spiro atoms. The zero-order chi connectivity index (χ0) is 16.7. The third-order valence-electron chi connectivity index (χ3n) is 5.31. The van der Waals surface area contributed by atoms with Gasteiger partial charge in [-0.2, -0.15) is 0 Å². The lowest BCUT2D eigenvalue weighted by Crippen LogP contribution is -2.42. The number of benzene rings is 1. The topological polar surface area (TPSA) is 36.3 Å². The van der Waals surface area contributed by atoms with Crippen molar-refractivity contribution in [1.29, 1.82) is 0 Å². The van der Waals surface area contributed by atoms with Crippen molar-refractivity contribution in [2.45, 2.75) is 64.1 Å². The number of rotatable bonds is 4. The molecule has 0 N–H and O–H groups in total. The van der Waals surface area contributed by atoms with E-state index in [0.717, 1.165) is 23.9 Å². The van der Waals surface area contributed by atoms with Gasteiger partial charge in [-0.15, -0.1) is 0 Å². The molecule has 0 saturated carbocycles. The van der Waals surface area contributed by atoms with E-state index in [1.165, 1.54) is 0 Å². The molecule has 0 radical (unpaired) electrons. The molecule has 0 amide bonds. The van der Waals surface area contributed by atoms with E-state index in [-0.39, 0.29) is 17.4 Å². The van der Waals surface area contributed by atoms with Crippen LogP contribution in [0.1, 0.15) is 39.8 Å². The van der Waals surface area contributed by atoms with E-state index in [1.807, 2.05) is 24.5 Å². The quantitative estimate of drug-likeness (QED) is 0.759. The lowest BCUT2D eigenvalue weighted by Gasteiger charge is -2.36. The molecule has 0 bridgehead atoms. The maximum atomic E-state index is 6.32. The molecule has 1 aromatic carbocycles. The maximum Gasteiger partial charge on any atom is 0.192 e. The van der Waals surface area contributed by atoms with Crippen molar-refractivity contribution in [3.8, 4) is 0 Å². The van der Waals surface area contributed by atoms with Crippen molar-refractivity contribution in [2.75, 3.05) is 6.61 Å². The number of para-hydroxylation sites is 2. The molecule has 1 fully saturated rings. The molecule has 5 heteroatoms. The Bertz CT molecular complexity index is 675. The largest absolute Gasteiger partial charge is 0.414 e. The van der Waals surface area contributed by atoms with Gasteiger partial charge in [0.1, 0.15) is 6.23 Å². The molecule has 1 aliphatic heterocycles. The second-order valence-corrected chi connectivity index (χ2v) is 12.8. The van der Waals surface area contributed by atoms with Crippen LogP contribution in [-0.4, -0.2) is 30.6 Å². The summed E-state index contributed by atoms with van der Waals surface area (Å²) in [5.74, 6) is 0. The Morgan fingerprint density at radius 3 is 2.74 bits per heavy atom. The summed E-state index contributed by atoms with van der Waals surface area (Å²) >= 11 is 0. The third-order valence-corrected chi connectivity index (χ3v) is 9.81. The molecule has 2 aromatic rings. The molecule has 126 valence electrons. The summed E-state index contributed by atoms with van der Waals surface area (Å²) < 4.78 is 14.7. The lowest BCUT2D eigenvalue weighted by molar-refractivity contribution is -0.0179. The first-order valence-electron chi connectivity index (χ1n) is 8.49. The van der Waals surface area contributed by atoms with Crippen LogP contribution in [0.5, 0.6) is 0 Å². The molecule has 2 atom stereocenters. The Labute approximate surface area is 139 Å². The summed E-state index contributed by atoms with van der Waals surface area (Å²) in [5.41, 5.74) is 2.17. The van der Waals surface area contributed by atoms with Crippen LogP contribution in [0.15, 0.2) is 30.6 Å². The summed E-state index contributed by atoms with van der Waals surface area (Å²) in [6.45, 7) is 12.1. The highest BCUT2D eigenvalue weighted by Crippen LogP contribution is 2.38. The van der Waals surface area contributed by atoms with Crippen LogP contribution < -0.4 is 0 Å². The fraction of sp³-hybridized carbons (Fsp3) is 0.611. The molecule has 0 unspecified atom stereocenters. The Morgan fingerprint density at radius 1 is 1.26 bits per heavy atom. The molecule has 4 nitrogen and oxygen atoms in total. The van der Waals surface area contributed by atoms with Gasteiger partial charge >= 0.3 is 0 Å². The summed E-state index contributed by atoms with van der Waals surface area (Å²) in [6, 6.07) is 8.21. The van der Waals surface area contributed by atoms with Gasteiger partial charge < -0.3 is 13.7 Å². The van der Waals surface area contributed by atoms with E-state index in [4.69, 9.17) is 9.16 Å². The molecule has 23 heavy (non-hydrogen) atoms. The van der Waals surface area contributed by atoms with E-state index in [2.05, 4.69) is 49.5 Å². The number of aromatic nitrogens is 2. The van der Waals surface area contributed by atoms with Gasteiger partial charge in [0.25, 0.3) is 0 Å². The first-order chi connectivity index (χ1) is 10.8. The summed E-state index contributed by atoms with van der Waals surface area (Å²) in [7, 11) is -1.70. The van der Waals surface area contributed by atoms with Gasteiger partial charge in [-0.05, 0) is 43.1 Å². The summed E-state index contributed by atoms with van der Waals surface area (Å²) in [5, 5.41) is 0.242. The maximum absolute atomic E-state index is 6.32. The van der Waals surface area contributed by atoms with Crippen molar-refractivity contribution in [3.05, 3.63) is 30.6 Å². The number of hydrogen-bond donors (Lipinski definition) is 0. The number of fused-ring (bicyclic) bond motifs is 1. The summed E-state index contributed by atoms with van der Waals surface area (Å²) in [6.07, 6.45) is 4.23. The normalized spacial score (nSPS) is 22.8. The number of hydrogen-bond acceptors (Lipinski definition) is 3. The van der Waals surface area contributed by atoms with E-state index in [1.54, 1.807) is 0 Å². The first-order valence-corrected chi connectivity index (χ1v) is 11.4. The van der Waals surface area contributed by atoms with Crippen LogP contribution in [-0.2, 0) is 9.16 Å². The standard InChI is InChI=1S/C18H28N2O2Si/c1-18(2,3)23(4,5)21-12-14-10-11-17(22-14)20-13-19-15-8-6-7-9-16(15)20/h6-9,13-14,17H,10-12H2,1-5H3/t14-,17+/m0/s1. The summed E-state index contributed by atoms with van der Waals surface area (Å²) in [4.78, 5) is 4.46. The Morgan fingerprint density at radius 2 is 2.00 bits per heavy atom. The second kappa shape index (κ2) is 6.04. The predicted octanol–water partition coefficient (Wildman–Crippen LogP) is 4.74. The average molecular weight is 333 g/mol. The zero-order valence-electron chi connectivity index (χ0n) is 14.9. The van der Waals surface area contributed by atoms with Gasteiger partial charge in [0.15, 0.2) is 8.32 Å². The van der Waals surface area contributed by atoms with Gasteiger partial charge in [0.05, 0.1) is 30.1 Å². The zero-order valence-corrected chi connectivity index (χ0v) is 15.9. The SMILES string of the molecule is CC(C)(C)[Si](C)(C)OC[C@@H]1CC[C@H](n2cnc3ccccc32)O1. The lowest BCUT2D eigenvalue weighted by atomic mass is 10.2. The Balaban J connectivity index is 1.63. The second-order valence-electron chi connectivity index (χ2n) is 8.00. The van der Waals surface area contributed by atoms with Crippen LogP contribution >= 0.6 is 0 Å². The highest BCUT2D eigenvalue weighted by Gasteiger charge is 2.38. The Kier molecular flexibility index (Phi) is 4.38. The van der Waals surface area contributed by atoms with Gasteiger partial charge in [-0.1, -0.05) is 32.9 Å². The van der Waals surface area contributed by atoms with Crippen molar-refractivity contribution in [3.63, 3.8) is 0 Å². The molecule has 2 heterocycles. The first kappa shape index (κ1) is 16.7. The van der Waals surface area contributed by atoms with E-state index < -0.39 is 8.32 Å². The van der Waals surface area contributed by atoms with E-state index in [0.29, 0.717) is 6.61 Å². The smallest absolute Gasteiger partial charge is 0.192 e. The van der Waals surface area contributed by atoms with Crippen molar-refractivity contribution in [1.82, 2.24) is 9.55 Å². The fourth-order valence-corrected chi connectivity index (χ4v) is 3.78. The van der Waals surface area contributed by atoms with Crippen LogP contribution in [0.3, 0.4) is 0 Å². The monoisotopic (exact) mass is 332 g/mol. The molecule has 0 aliphatic carbocycles. The predicted molar refractivity (Wildman–Crippen MR) is 96.0 cm³/mol. The molecule has 3 rings (SSSR count). The highest BCUT2D eigenvalue weighted by molar-refractivity contribution is 6.74. The number of ether oxygens (including phenoxy) is 1.